The van der Waals surface area contributed by atoms with Crippen molar-refractivity contribution >= 4 is 34.1 Å². The Labute approximate surface area is 139 Å². The summed E-state index contributed by atoms with van der Waals surface area (Å²) in [7, 11) is 0. The van der Waals surface area contributed by atoms with Crippen molar-refractivity contribution in [2.75, 3.05) is 5.32 Å². The number of benzene rings is 2. The van der Waals surface area contributed by atoms with Crippen LogP contribution in [0.2, 0.25) is 5.02 Å². The average molecular weight is 327 g/mol. The summed E-state index contributed by atoms with van der Waals surface area (Å²) in [5.41, 5.74) is 1.52. The summed E-state index contributed by atoms with van der Waals surface area (Å²) < 4.78 is 5.60. The van der Waals surface area contributed by atoms with E-state index in [4.69, 9.17) is 16.3 Å². The van der Waals surface area contributed by atoms with Gasteiger partial charge in [0.25, 0.3) is 5.91 Å². The number of para-hydroxylation sites is 1. The largest absolute Gasteiger partial charge is 0.481 e. The van der Waals surface area contributed by atoms with E-state index in [0.29, 0.717) is 16.5 Å². The third kappa shape index (κ3) is 3.79. The fourth-order valence-electron chi connectivity index (χ4n) is 2.15. The van der Waals surface area contributed by atoms with Gasteiger partial charge in [-0.15, -0.1) is 0 Å². The number of anilines is 1. The fourth-order valence-corrected chi connectivity index (χ4v) is 2.28. The van der Waals surface area contributed by atoms with Gasteiger partial charge in [0.2, 0.25) is 0 Å². The molecule has 2 aromatic carbocycles. The Morgan fingerprint density at radius 2 is 1.91 bits per heavy atom. The number of nitrogens with zero attached hydrogens (tertiary/aromatic N) is 1. The highest BCUT2D eigenvalue weighted by Crippen LogP contribution is 2.19. The Hall–Kier alpha value is -2.59. The Kier molecular flexibility index (Phi) is 4.44. The van der Waals surface area contributed by atoms with Gasteiger partial charge in [-0.1, -0.05) is 29.8 Å². The molecule has 0 fully saturated rings. The maximum absolute atomic E-state index is 12.2. The molecule has 23 heavy (non-hydrogen) atoms. The number of halogens is 1. The molecule has 0 saturated heterocycles. The number of pyridine rings is 1. The molecule has 1 N–H and O–H groups in total. The number of carbonyl (C=O) groups excluding carboxylic acids is 1. The quantitative estimate of drug-likeness (QED) is 0.778. The molecular weight excluding hydrogens is 312 g/mol. The van der Waals surface area contributed by atoms with Gasteiger partial charge in [-0.25, -0.2) is 0 Å². The van der Waals surface area contributed by atoms with Crippen molar-refractivity contribution in [2.24, 2.45) is 0 Å². The molecule has 4 nitrogen and oxygen atoms in total. The van der Waals surface area contributed by atoms with Gasteiger partial charge < -0.3 is 10.1 Å². The molecule has 0 bridgehead atoms. The van der Waals surface area contributed by atoms with Crippen molar-refractivity contribution in [2.45, 2.75) is 13.0 Å². The lowest BCUT2D eigenvalue weighted by molar-refractivity contribution is -0.122. The van der Waals surface area contributed by atoms with E-state index in [-0.39, 0.29) is 5.91 Å². The van der Waals surface area contributed by atoms with Gasteiger partial charge in [-0.3, -0.25) is 9.78 Å². The van der Waals surface area contributed by atoms with Crippen LogP contribution in [0.15, 0.2) is 60.8 Å². The molecule has 3 aromatic rings. The first-order valence-electron chi connectivity index (χ1n) is 7.20. The van der Waals surface area contributed by atoms with E-state index in [1.807, 2.05) is 30.3 Å². The van der Waals surface area contributed by atoms with Gasteiger partial charge in [-0.2, -0.15) is 0 Å². The summed E-state index contributed by atoms with van der Waals surface area (Å²) in [6.45, 7) is 1.69. The molecule has 0 radical (unpaired) electrons. The molecule has 3 rings (SSSR count). The van der Waals surface area contributed by atoms with Crippen molar-refractivity contribution in [1.29, 1.82) is 0 Å². The van der Waals surface area contributed by atoms with E-state index >= 15 is 0 Å². The summed E-state index contributed by atoms with van der Waals surface area (Å²) in [6, 6.07) is 16.5. The zero-order chi connectivity index (χ0) is 16.2. The predicted molar refractivity (Wildman–Crippen MR) is 91.9 cm³/mol. The van der Waals surface area contributed by atoms with Crippen molar-refractivity contribution in [3.8, 4) is 5.75 Å². The third-order valence-electron chi connectivity index (χ3n) is 3.35. The van der Waals surface area contributed by atoms with E-state index in [9.17, 15) is 4.79 Å². The van der Waals surface area contributed by atoms with Crippen LogP contribution in [0.1, 0.15) is 6.92 Å². The van der Waals surface area contributed by atoms with Gasteiger partial charge in [-0.05, 0) is 43.3 Å². The van der Waals surface area contributed by atoms with Crippen LogP contribution in [0.5, 0.6) is 5.75 Å². The molecule has 1 unspecified atom stereocenters. The number of carbonyl (C=O) groups is 1. The van der Waals surface area contributed by atoms with Crippen LogP contribution in [0.25, 0.3) is 10.9 Å². The monoisotopic (exact) mass is 326 g/mol. The van der Waals surface area contributed by atoms with E-state index in [0.717, 1.165) is 10.9 Å². The molecule has 1 heterocycles. The molecule has 1 amide bonds. The summed E-state index contributed by atoms with van der Waals surface area (Å²) in [5.74, 6) is 0.353. The predicted octanol–water partition coefficient (Wildman–Crippen LogP) is 4.29. The molecule has 0 aliphatic heterocycles. The number of hydrogen-bond donors (Lipinski definition) is 1. The van der Waals surface area contributed by atoms with Crippen molar-refractivity contribution in [1.82, 2.24) is 4.98 Å². The Morgan fingerprint density at radius 3 is 2.70 bits per heavy atom. The van der Waals surface area contributed by atoms with Crippen molar-refractivity contribution in [3.63, 3.8) is 0 Å². The first kappa shape index (κ1) is 15.3. The van der Waals surface area contributed by atoms with E-state index < -0.39 is 6.10 Å². The third-order valence-corrected chi connectivity index (χ3v) is 3.61. The van der Waals surface area contributed by atoms with Crippen LogP contribution in [-0.4, -0.2) is 17.0 Å². The zero-order valence-corrected chi connectivity index (χ0v) is 13.2. The Balaban J connectivity index is 1.68. The van der Waals surface area contributed by atoms with Crippen molar-refractivity contribution in [3.05, 3.63) is 65.8 Å². The first-order valence-corrected chi connectivity index (χ1v) is 7.57. The van der Waals surface area contributed by atoms with Gasteiger partial charge in [0, 0.05) is 10.4 Å². The average Bonchev–Trinajstić information content (AvgIpc) is 2.56. The molecule has 116 valence electrons. The SMILES string of the molecule is CC(Oc1ccc(Cl)cc1)C(=O)Nc1cnc2ccccc2c1. The maximum atomic E-state index is 12.2. The summed E-state index contributed by atoms with van der Waals surface area (Å²) in [6.07, 6.45) is 0.998. The maximum Gasteiger partial charge on any atom is 0.265 e. The van der Waals surface area contributed by atoms with E-state index in [1.54, 1.807) is 37.4 Å². The van der Waals surface area contributed by atoms with Crippen LogP contribution < -0.4 is 10.1 Å². The topological polar surface area (TPSA) is 51.2 Å². The lowest BCUT2D eigenvalue weighted by atomic mass is 10.2. The van der Waals surface area contributed by atoms with Crippen LogP contribution in [0.4, 0.5) is 5.69 Å². The molecular formula is C18H15ClN2O2. The number of ether oxygens (including phenoxy) is 1. The number of hydrogen-bond acceptors (Lipinski definition) is 3. The Morgan fingerprint density at radius 1 is 1.17 bits per heavy atom. The number of amides is 1. The molecule has 0 saturated carbocycles. The smallest absolute Gasteiger partial charge is 0.265 e. The molecule has 0 aliphatic rings. The Bertz CT molecular complexity index is 834. The summed E-state index contributed by atoms with van der Waals surface area (Å²) in [5, 5.41) is 4.40. The first-order chi connectivity index (χ1) is 11.1. The summed E-state index contributed by atoms with van der Waals surface area (Å²) in [4.78, 5) is 16.5. The lowest BCUT2D eigenvalue weighted by Crippen LogP contribution is -2.30. The van der Waals surface area contributed by atoms with E-state index in [1.165, 1.54) is 0 Å². The van der Waals surface area contributed by atoms with Crippen LogP contribution in [-0.2, 0) is 4.79 Å². The second kappa shape index (κ2) is 6.67. The van der Waals surface area contributed by atoms with Gasteiger partial charge >= 0.3 is 0 Å². The highest BCUT2D eigenvalue weighted by molar-refractivity contribution is 6.30. The minimum Gasteiger partial charge on any atom is -0.481 e. The van der Waals surface area contributed by atoms with Crippen LogP contribution in [0.3, 0.4) is 0 Å². The minimum absolute atomic E-state index is 0.239. The molecule has 1 atom stereocenters. The molecule has 0 aliphatic carbocycles. The molecule has 1 aromatic heterocycles. The minimum atomic E-state index is -0.636. The second-order valence-corrected chi connectivity index (χ2v) is 5.56. The molecule has 0 spiro atoms. The molecule has 5 heteroatoms. The highest BCUT2D eigenvalue weighted by atomic mass is 35.5. The number of nitrogens with one attached hydrogen (secondary N) is 1. The van der Waals surface area contributed by atoms with Gasteiger partial charge in [0.05, 0.1) is 17.4 Å². The summed E-state index contributed by atoms with van der Waals surface area (Å²) >= 11 is 5.82. The normalized spacial score (nSPS) is 11.9. The van der Waals surface area contributed by atoms with Gasteiger partial charge in [0.1, 0.15) is 5.75 Å². The standard InChI is InChI=1S/C18H15ClN2O2/c1-12(23-16-8-6-14(19)7-9-16)18(22)21-15-10-13-4-2-3-5-17(13)20-11-15/h2-12H,1H3,(H,21,22). The highest BCUT2D eigenvalue weighted by Gasteiger charge is 2.15. The lowest BCUT2D eigenvalue weighted by Gasteiger charge is -2.15. The fraction of sp³-hybridized carbons (Fsp3) is 0.111. The number of aromatic nitrogens is 1. The number of rotatable bonds is 4. The van der Waals surface area contributed by atoms with Crippen LogP contribution in [0, 0.1) is 0 Å². The second-order valence-electron chi connectivity index (χ2n) is 5.12. The van der Waals surface area contributed by atoms with E-state index in [2.05, 4.69) is 10.3 Å². The van der Waals surface area contributed by atoms with Crippen molar-refractivity contribution < 1.29 is 9.53 Å². The number of fused-ring (bicyclic) bond motifs is 1. The van der Waals surface area contributed by atoms with Crippen LogP contribution >= 0.6 is 11.6 Å². The van der Waals surface area contributed by atoms with Gasteiger partial charge in [0.15, 0.2) is 6.10 Å². The zero-order valence-electron chi connectivity index (χ0n) is 12.5.